The van der Waals surface area contributed by atoms with Crippen molar-refractivity contribution in [1.82, 2.24) is 0 Å². The summed E-state index contributed by atoms with van der Waals surface area (Å²) in [5.74, 6) is -0.895. The third-order valence-electron chi connectivity index (χ3n) is 6.17. The zero-order valence-corrected chi connectivity index (χ0v) is 17.2. The molecule has 1 N–H and O–H groups in total. The summed E-state index contributed by atoms with van der Waals surface area (Å²) in [7, 11) is 0. The van der Waals surface area contributed by atoms with Crippen LogP contribution in [0.4, 0.5) is 11.4 Å². The molecule has 0 radical (unpaired) electrons. The highest BCUT2D eigenvalue weighted by molar-refractivity contribution is 8.01. The Labute approximate surface area is 179 Å². The molecule has 154 valence electrons. The number of carbonyl (C=O) groups excluding carboxylic acids is 3. The number of anilines is 2. The normalized spacial score (nSPS) is 21.1. The summed E-state index contributed by atoms with van der Waals surface area (Å²) in [6.45, 7) is -0.365. The van der Waals surface area contributed by atoms with Crippen LogP contribution in [-0.4, -0.2) is 35.2 Å². The molecule has 1 atom stereocenters. The predicted molar refractivity (Wildman–Crippen MR) is 115 cm³/mol. The molecular weight excluding hydrogens is 400 g/mol. The first kappa shape index (κ1) is 19.2. The summed E-state index contributed by atoms with van der Waals surface area (Å²) < 4.78 is 5.44. The Hall–Kier alpha value is -2.80. The summed E-state index contributed by atoms with van der Waals surface area (Å²) in [6, 6.07) is 15.2. The van der Waals surface area contributed by atoms with Crippen LogP contribution < -0.4 is 10.2 Å². The number of hydrogen-bond donors (Lipinski definition) is 1. The van der Waals surface area contributed by atoms with E-state index in [1.807, 2.05) is 42.5 Å². The monoisotopic (exact) mass is 422 g/mol. The average molecular weight is 423 g/mol. The van der Waals surface area contributed by atoms with Gasteiger partial charge in [-0.3, -0.25) is 19.3 Å². The van der Waals surface area contributed by atoms with E-state index in [0.717, 1.165) is 23.3 Å². The van der Waals surface area contributed by atoms with Crippen molar-refractivity contribution in [2.24, 2.45) is 0 Å². The fraction of sp³-hybridized carbons (Fsp3) is 0.348. The van der Waals surface area contributed by atoms with E-state index in [9.17, 15) is 14.4 Å². The molecule has 7 heteroatoms. The van der Waals surface area contributed by atoms with Gasteiger partial charge in [0.2, 0.25) is 0 Å². The van der Waals surface area contributed by atoms with Crippen molar-refractivity contribution in [3.05, 3.63) is 54.1 Å². The lowest BCUT2D eigenvalue weighted by Gasteiger charge is -2.44. The van der Waals surface area contributed by atoms with Gasteiger partial charge < -0.3 is 10.1 Å². The number of amides is 2. The van der Waals surface area contributed by atoms with Gasteiger partial charge >= 0.3 is 5.97 Å². The number of para-hydroxylation sites is 2. The second-order valence-corrected chi connectivity index (χ2v) is 9.21. The lowest BCUT2D eigenvalue weighted by atomic mass is 9.90. The molecule has 0 saturated heterocycles. The number of esters is 1. The zero-order chi connectivity index (χ0) is 20.7. The first-order valence-electron chi connectivity index (χ1n) is 10.2. The van der Waals surface area contributed by atoms with Gasteiger partial charge in [0.15, 0.2) is 6.61 Å². The first-order valence-corrected chi connectivity index (χ1v) is 11.1. The minimum Gasteiger partial charge on any atom is -0.455 e. The van der Waals surface area contributed by atoms with Crippen LogP contribution in [0.5, 0.6) is 0 Å². The molecule has 0 aromatic heterocycles. The number of nitrogens with one attached hydrogen (secondary N) is 1. The molecule has 1 saturated carbocycles. The Morgan fingerprint density at radius 2 is 1.83 bits per heavy atom. The maximum Gasteiger partial charge on any atom is 0.320 e. The fourth-order valence-corrected chi connectivity index (χ4v) is 5.93. The first-order chi connectivity index (χ1) is 14.6. The van der Waals surface area contributed by atoms with E-state index in [4.69, 9.17) is 4.74 Å². The SMILES string of the molecule is O=C(OCC(=O)N1c2ccccc2NC(=O)C12CCCC2)C1Cc2ccccc2S1. The molecule has 6 nitrogen and oxygen atoms in total. The van der Waals surface area contributed by atoms with Gasteiger partial charge in [-0.15, -0.1) is 11.8 Å². The lowest BCUT2D eigenvalue weighted by molar-refractivity contribution is -0.147. The number of rotatable bonds is 3. The molecule has 3 aliphatic rings. The third-order valence-corrected chi connectivity index (χ3v) is 7.47. The number of fused-ring (bicyclic) bond motifs is 2. The Balaban J connectivity index is 1.33. The van der Waals surface area contributed by atoms with Crippen molar-refractivity contribution >= 4 is 40.9 Å². The molecule has 2 amide bonds. The minimum absolute atomic E-state index is 0.153. The molecule has 1 fully saturated rings. The van der Waals surface area contributed by atoms with E-state index in [1.165, 1.54) is 11.8 Å². The molecule has 5 rings (SSSR count). The molecule has 2 heterocycles. The van der Waals surface area contributed by atoms with Crippen molar-refractivity contribution in [3.8, 4) is 0 Å². The van der Waals surface area contributed by atoms with Crippen molar-refractivity contribution in [2.75, 3.05) is 16.8 Å². The number of benzene rings is 2. The van der Waals surface area contributed by atoms with Crippen LogP contribution in [0.2, 0.25) is 0 Å². The molecule has 0 bridgehead atoms. The molecular formula is C23H22N2O4S. The minimum atomic E-state index is -0.893. The molecule has 30 heavy (non-hydrogen) atoms. The molecule has 1 aliphatic carbocycles. The number of thioether (sulfide) groups is 1. The van der Waals surface area contributed by atoms with Gasteiger partial charge in [-0.05, 0) is 43.0 Å². The van der Waals surface area contributed by atoms with Gasteiger partial charge in [0.1, 0.15) is 10.8 Å². The van der Waals surface area contributed by atoms with E-state index >= 15 is 0 Å². The smallest absolute Gasteiger partial charge is 0.320 e. The van der Waals surface area contributed by atoms with Crippen molar-refractivity contribution in [2.45, 2.75) is 47.8 Å². The fourth-order valence-electron chi connectivity index (χ4n) is 4.73. The maximum atomic E-state index is 13.3. The quantitative estimate of drug-likeness (QED) is 0.766. The second kappa shape index (κ2) is 7.47. The largest absolute Gasteiger partial charge is 0.455 e. The van der Waals surface area contributed by atoms with Crippen LogP contribution in [0, 0.1) is 0 Å². The highest BCUT2D eigenvalue weighted by Crippen LogP contribution is 2.45. The number of hydrogen-bond acceptors (Lipinski definition) is 5. The van der Waals surface area contributed by atoms with Crippen molar-refractivity contribution in [1.29, 1.82) is 0 Å². The summed E-state index contributed by atoms with van der Waals surface area (Å²) in [6.07, 6.45) is 3.60. The Bertz CT molecular complexity index is 1010. The Morgan fingerprint density at radius 1 is 1.10 bits per heavy atom. The lowest BCUT2D eigenvalue weighted by Crippen LogP contribution is -2.61. The van der Waals surface area contributed by atoms with E-state index < -0.39 is 5.54 Å². The van der Waals surface area contributed by atoms with E-state index in [1.54, 1.807) is 11.0 Å². The third kappa shape index (κ3) is 3.08. The van der Waals surface area contributed by atoms with Crippen LogP contribution in [0.25, 0.3) is 0 Å². The van der Waals surface area contributed by atoms with E-state index in [2.05, 4.69) is 5.32 Å². The number of nitrogens with zero attached hydrogens (tertiary/aromatic N) is 1. The van der Waals surface area contributed by atoms with Crippen LogP contribution in [0.15, 0.2) is 53.4 Å². The molecule has 2 aromatic rings. The topological polar surface area (TPSA) is 75.7 Å². The van der Waals surface area contributed by atoms with Crippen LogP contribution >= 0.6 is 11.8 Å². The van der Waals surface area contributed by atoms with Gasteiger partial charge in [0, 0.05) is 4.90 Å². The summed E-state index contributed by atoms with van der Waals surface area (Å²) in [4.78, 5) is 41.5. The summed E-state index contributed by atoms with van der Waals surface area (Å²) in [5, 5.41) is 2.61. The van der Waals surface area contributed by atoms with Crippen molar-refractivity contribution < 1.29 is 19.1 Å². The zero-order valence-electron chi connectivity index (χ0n) is 16.4. The van der Waals surface area contributed by atoms with Gasteiger partial charge in [0.05, 0.1) is 11.4 Å². The van der Waals surface area contributed by atoms with Gasteiger partial charge in [-0.25, -0.2) is 0 Å². The predicted octanol–water partition coefficient (Wildman–Crippen LogP) is 3.54. The molecule has 2 aliphatic heterocycles. The maximum absolute atomic E-state index is 13.3. The summed E-state index contributed by atoms with van der Waals surface area (Å²) >= 11 is 1.48. The van der Waals surface area contributed by atoms with Gasteiger partial charge in [0.25, 0.3) is 11.8 Å². The van der Waals surface area contributed by atoms with E-state index in [-0.39, 0.29) is 29.6 Å². The Morgan fingerprint density at radius 3 is 2.63 bits per heavy atom. The summed E-state index contributed by atoms with van der Waals surface area (Å²) in [5.41, 5.74) is 1.52. The van der Waals surface area contributed by atoms with E-state index in [0.29, 0.717) is 30.6 Å². The molecule has 1 spiro atoms. The van der Waals surface area contributed by atoms with Crippen LogP contribution in [0.1, 0.15) is 31.2 Å². The number of ether oxygens (including phenoxy) is 1. The Kier molecular flexibility index (Phi) is 4.77. The molecule has 2 aromatic carbocycles. The van der Waals surface area contributed by atoms with Crippen LogP contribution in [0.3, 0.4) is 0 Å². The standard InChI is InChI=1S/C23H22N2O4S/c26-20(14-29-21(27)19-13-15-7-1-4-10-18(15)30-19)25-17-9-3-2-8-16(17)24-22(28)23(25)11-5-6-12-23/h1-4,7-10,19H,5-6,11-14H2,(H,24,28). The highest BCUT2D eigenvalue weighted by atomic mass is 32.2. The average Bonchev–Trinajstić information content (AvgIpc) is 3.41. The van der Waals surface area contributed by atoms with Crippen molar-refractivity contribution in [3.63, 3.8) is 0 Å². The second-order valence-electron chi connectivity index (χ2n) is 7.97. The van der Waals surface area contributed by atoms with Gasteiger partial charge in [-0.2, -0.15) is 0 Å². The van der Waals surface area contributed by atoms with Gasteiger partial charge in [-0.1, -0.05) is 43.2 Å². The van der Waals surface area contributed by atoms with Crippen LogP contribution in [-0.2, 0) is 25.5 Å². The number of carbonyl (C=O) groups is 3. The highest BCUT2D eigenvalue weighted by Gasteiger charge is 2.52. The molecule has 1 unspecified atom stereocenters.